The SMILES string of the molecule is OCCN(Cc1ccccc1)CC1(CBr)CCCC1. The Balaban J connectivity index is 1.99. The number of alkyl halides is 1. The van der Waals surface area contributed by atoms with Crippen LogP contribution in [-0.4, -0.2) is 35.0 Å². The second kappa shape index (κ2) is 7.41. The fourth-order valence-corrected chi connectivity index (χ4v) is 3.87. The minimum atomic E-state index is 0.241. The molecule has 0 aromatic heterocycles. The van der Waals surface area contributed by atoms with Crippen molar-refractivity contribution < 1.29 is 5.11 Å². The molecule has 0 atom stereocenters. The van der Waals surface area contributed by atoms with Crippen LogP contribution in [0.3, 0.4) is 0 Å². The van der Waals surface area contributed by atoms with Crippen LogP contribution in [0.25, 0.3) is 0 Å². The van der Waals surface area contributed by atoms with Crippen LogP contribution < -0.4 is 0 Å². The van der Waals surface area contributed by atoms with E-state index < -0.39 is 0 Å². The highest BCUT2D eigenvalue weighted by Gasteiger charge is 2.34. The van der Waals surface area contributed by atoms with Gasteiger partial charge in [-0.25, -0.2) is 0 Å². The van der Waals surface area contributed by atoms with Gasteiger partial charge in [-0.3, -0.25) is 4.90 Å². The molecule has 1 aromatic carbocycles. The molecule has 0 aliphatic heterocycles. The number of aliphatic hydroxyl groups excluding tert-OH is 1. The Morgan fingerprint density at radius 1 is 1.16 bits per heavy atom. The molecule has 1 aliphatic rings. The van der Waals surface area contributed by atoms with Gasteiger partial charge in [0, 0.05) is 25.0 Å². The van der Waals surface area contributed by atoms with Crippen molar-refractivity contribution in [3.63, 3.8) is 0 Å². The molecule has 0 bridgehead atoms. The Morgan fingerprint density at radius 2 is 1.84 bits per heavy atom. The molecule has 1 saturated carbocycles. The van der Waals surface area contributed by atoms with Gasteiger partial charge in [0.05, 0.1) is 6.61 Å². The molecule has 3 heteroatoms. The van der Waals surface area contributed by atoms with Crippen LogP contribution in [0.2, 0.25) is 0 Å². The zero-order valence-electron chi connectivity index (χ0n) is 11.5. The van der Waals surface area contributed by atoms with Crippen LogP contribution in [-0.2, 0) is 6.54 Å². The molecule has 0 heterocycles. The largest absolute Gasteiger partial charge is 0.395 e. The zero-order valence-corrected chi connectivity index (χ0v) is 13.1. The van der Waals surface area contributed by atoms with Gasteiger partial charge in [0.2, 0.25) is 0 Å². The molecule has 0 amide bonds. The van der Waals surface area contributed by atoms with E-state index in [1.807, 2.05) is 0 Å². The molecule has 2 rings (SSSR count). The van der Waals surface area contributed by atoms with Crippen molar-refractivity contribution in [3.8, 4) is 0 Å². The maximum Gasteiger partial charge on any atom is 0.0558 e. The van der Waals surface area contributed by atoms with Crippen molar-refractivity contribution in [2.24, 2.45) is 5.41 Å². The maximum atomic E-state index is 9.29. The summed E-state index contributed by atoms with van der Waals surface area (Å²) in [5.74, 6) is 0. The summed E-state index contributed by atoms with van der Waals surface area (Å²) in [6.07, 6.45) is 5.33. The minimum Gasteiger partial charge on any atom is -0.395 e. The average molecular weight is 326 g/mol. The number of nitrogens with zero attached hydrogens (tertiary/aromatic N) is 1. The van der Waals surface area contributed by atoms with E-state index in [2.05, 4.69) is 51.2 Å². The molecule has 106 valence electrons. The van der Waals surface area contributed by atoms with Crippen LogP contribution in [0.1, 0.15) is 31.2 Å². The van der Waals surface area contributed by atoms with E-state index in [-0.39, 0.29) is 6.61 Å². The number of halogens is 1. The number of hydrogen-bond donors (Lipinski definition) is 1. The summed E-state index contributed by atoms with van der Waals surface area (Å²) >= 11 is 3.71. The summed E-state index contributed by atoms with van der Waals surface area (Å²) in [6.45, 7) is 3.04. The van der Waals surface area contributed by atoms with Crippen LogP contribution in [0.4, 0.5) is 0 Å². The summed E-state index contributed by atoms with van der Waals surface area (Å²) in [7, 11) is 0. The van der Waals surface area contributed by atoms with Gasteiger partial charge in [0.15, 0.2) is 0 Å². The lowest BCUT2D eigenvalue weighted by Crippen LogP contribution is -2.38. The van der Waals surface area contributed by atoms with E-state index in [9.17, 15) is 5.11 Å². The standard InChI is InChI=1S/C16H24BrNO/c17-13-16(8-4-5-9-16)14-18(10-11-19)12-15-6-2-1-3-7-15/h1-3,6-7,19H,4-5,8-14H2. The normalized spacial score (nSPS) is 18.1. The molecule has 0 unspecified atom stereocenters. The topological polar surface area (TPSA) is 23.5 Å². The molecule has 1 N–H and O–H groups in total. The summed E-state index contributed by atoms with van der Waals surface area (Å²) in [6, 6.07) is 10.6. The van der Waals surface area contributed by atoms with Crippen molar-refractivity contribution in [3.05, 3.63) is 35.9 Å². The first-order valence-corrected chi connectivity index (χ1v) is 8.33. The quantitative estimate of drug-likeness (QED) is 0.776. The van der Waals surface area contributed by atoms with Gasteiger partial charge in [-0.1, -0.05) is 59.1 Å². The molecular weight excluding hydrogens is 302 g/mol. The Hall–Kier alpha value is -0.380. The highest BCUT2D eigenvalue weighted by atomic mass is 79.9. The molecule has 19 heavy (non-hydrogen) atoms. The lowest BCUT2D eigenvalue weighted by Gasteiger charge is -2.34. The van der Waals surface area contributed by atoms with Crippen molar-refractivity contribution in [1.29, 1.82) is 0 Å². The Morgan fingerprint density at radius 3 is 2.42 bits per heavy atom. The Kier molecular flexibility index (Phi) is 5.86. The first-order valence-electron chi connectivity index (χ1n) is 7.21. The predicted molar refractivity (Wildman–Crippen MR) is 83.5 cm³/mol. The molecule has 1 fully saturated rings. The summed E-state index contributed by atoms with van der Waals surface area (Å²) in [5, 5.41) is 10.4. The Bertz CT molecular complexity index is 362. The average Bonchev–Trinajstić information content (AvgIpc) is 2.89. The summed E-state index contributed by atoms with van der Waals surface area (Å²) in [5.41, 5.74) is 1.75. The minimum absolute atomic E-state index is 0.241. The van der Waals surface area contributed by atoms with Gasteiger partial charge >= 0.3 is 0 Å². The van der Waals surface area contributed by atoms with Gasteiger partial charge < -0.3 is 5.11 Å². The fraction of sp³-hybridized carbons (Fsp3) is 0.625. The third kappa shape index (κ3) is 4.30. The smallest absolute Gasteiger partial charge is 0.0558 e. The lowest BCUT2D eigenvalue weighted by atomic mass is 9.88. The zero-order chi connectivity index (χ0) is 13.6. The molecule has 1 aliphatic carbocycles. The van der Waals surface area contributed by atoms with Gasteiger partial charge in [-0.15, -0.1) is 0 Å². The molecule has 0 spiro atoms. The van der Waals surface area contributed by atoms with E-state index >= 15 is 0 Å². The van der Waals surface area contributed by atoms with E-state index in [4.69, 9.17) is 0 Å². The van der Waals surface area contributed by atoms with Crippen LogP contribution in [0.15, 0.2) is 30.3 Å². The van der Waals surface area contributed by atoms with Gasteiger partial charge in [0.25, 0.3) is 0 Å². The monoisotopic (exact) mass is 325 g/mol. The first-order chi connectivity index (χ1) is 9.28. The number of rotatable bonds is 7. The highest BCUT2D eigenvalue weighted by Crippen LogP contribution is 2.40. The summed E-state index contributed by atoms with van der Waals surface area (Å²) in [4.78, 5) is 2.40. The molecule has 0 saturated heterocycles. The van der Waals surface area contributed by atoms with Gasteiger partial charge in [0.1, 0.15) is 0 Å². The summed E-state index contributed by atoms with van der Waals surface area (Å²) < 4.78 is 0. The second-order valence-electron chi connectivity index (χ2n) is 5.76. The van der Waals surface area contributed by atoms with Gasteiger partial charge in [-0.05, 0) is 23.8 Å². The molecule has 2 nitrogen and oxygen atoms in total. The number of hydrogen-bond acceptors (Lipinski definition) is 2. The lowest BCUT2D eigenvalue weighted by molar-refractivity contribution is 0.134. The van der Waals surface area contributed by atoms with Crippen molar-refractivity contribution in [1.82, 2.24) is 4.90 Å². The highest BCUT2D eigenvalue weighted by molar-refractivity contribution is 9.09. The Labute approximate surface area is 124 Å². The molecular formula is C16H24BrNO. The van der Waals surface area contributed by atoms with Crippen LogP contribution in [0.5, 0.6) is 0 Å². The van der Waals surface area contributed by atoms with Crippen LogP contribution >= 0.6 is 15.9 Å². The first kappa shape index (κ1) is 15.0. The van der Waals surface area contributed by atoms with E-state index in [0.29, 0.717) is 5.41 Å². The maximum absolute atomic E-state index is 9.29. The molecule has 0 radical (unpaired) electrons. The second-order valence-corrected chi connectivity index (χ2v) is 6.32. The number of aliphatic hydroxyl groups is 1. The predicted octanol–water partition coefficient (Wildman–Crippen LogP) is 3.44. The van der Waals surface area contributed by atoms with E-state index in [1.165, 1.54) is 31.2 Å². The van der Waals surface area contributed by atoms with Crippen LogP contribution in [0, 0.1) is 5.41 Å². The fourth-order valence-electron chi connectivity index (χ4n) is 3.13. The van der Waals surface area contributed by atoms with E-state index in [0.717, 1.165) is 25.0 Å². The van der Waals surface area contributed by atoms with Crippen molar-refractivity contribution >= 4 is 15.9 Å². The van der Waals surface area contributed by atoms with Crippen molar-refractivity contribution in [2.45, 2.75) is 32.2 Å². The van der Waals surface area contributed by atoms with E-state index in [1.54, 1.807) is 0 Å². The van der Waals surface area contributed by atoms with Crippen molar-refractivity contribution in [2.75, 3.05) is 25.0 Å². The molecule has 1 aromatic rings. The number of benzene rings is 1. The van der Waals surface area contributed by atoms with Gasteiger partial charge in [-0.2, -0.15) is 0 Å². The third-order valence-electron chi connectivity index (χ3n) is 4.17. The third-order valence-corrected chi connectivity index (χ3v) is 5.36.